The SMILES string of the molecule is CN(C(=O)c1ccc(O)c(Cl)c1Cl)C1CCCC1. The molecular formula is C13H15Cl2NO2. The molecule has 1 aliphatic carbocycles. The van der Waals surface area contributed by atoms with Gasteiger partial charge < -0.3 is 10.0 Å². The van der Waals surface area contributed by atoms with Crippen molar-refractivity contribution >= 4 is 29.1 Å². The van der Waals surface area contributed by atoms with Crippen molar-refractivity contribution in [3.63, 3.8) is 0 Å². The molecule has 1 saturated carbocycles. The Morgan fingerprint density at radius 1 is 1.28 bits per heavy atom. The van der Waals surface area contributed by atoms with Crippen LogP contribution in [0.25, 0.3) is 0 Å². The molecule has 2 rings (SSSR count). The molecular weight excluding hydrogens is 273 g/mol. The predicted octanol–water partition coefficient (Wildman–Crippen LogP) is 3.71. The van der Waals surface area contributed by atoms with E-state index >= 15 is 0 Å². The quantitative estimate of drug-likeness (QED) is 0.901. The number of nitrogens with zero attached hydrogens (tertiary/aromatic N) is 1. The third-order valence-corrected chi connectivity index (χ3v) is 4.36. The van der Waals surface area contributed by atoms with E-state index in [0.29, 0.717) is 5.56 Å². The molecule has 18 heavy (non-hydrogen) atoms. The first-order valence-electron chi connectivity index (χ1n) is 5.96. The molecule has 0 spiro atoms. The number of halogens is 2. The van der Waals surface area contributed by atoms with Gasteiger partial charge >= 0.3 is 0 Å². The van der Waals surface area contributed by atoms with Gasteiger partial charge in [0, 0.05) is 13.1 Å². The standard InChI is InChI=1S/C13H15Cl2NO2/c1-16(8-4-2-3-5-8)13(18)9-6-7-10(17)12(15)11(9)14/h6-8,17H,2-5H2,1H3. The smallest absolute Gasteiger partial charge is 0.255 e. The Labute approximate surface area is 116 Å². The van der Waals surface area contributed by atoms with Gasteiger partial charge in [-0.2, -0.15) is 0 Å². The molecule has 1 amide bonds. The topological polar surface area (TPSA) is 40.5 Å². The first kappa shape index (κ1) is 13.5. The van der Waals surface area contributed by atoms with Gasteiger partial charge in [-0.05, 0) is 25.0 Å². The zero-order valence-electron chi connectivity index (χ0n) is 10.1. The van der Waals surface area contributed by atoms with Crippen LogP contribution in [0.15, 0.2) is 12.1 Å². The average molecular weight is 288 g/mol. The summed E-state index contributed by atoms with van der Waals surface area (Å²) in [6.45, 7) is 0. The van der Waals surface area contributed by atoms with E-state index in [0.717, 1.165) is 25.7 Å². The molecule has 1 aliphatic rings. The van der Waals surface area contributed by atoms with Crippen molar-refractivity contribution in [3.8, 4) is 5.75 Å². The second-order valence-corrected chi connectivity index (χ2v) is 5.37. The van der Waals surface area contributed by atoms with Crippen LogP contribution in [0.1, 0.15) is 36.0 Å². The maximum absolute atomic E-state index is 12.3. The van der Waals surface area contributed by atoms with Crippen LogP contribution in [-0.2, 0) is 0 Å². The Morgan fingerprint density at radius 3 is 2.50 bits per heavy atom. The third-order valence-electron chi connectivity index (χ3n) is 3.49. The van der Waals surface area contributed by atoms with Gasteiger partial charge in [-0.15, -0.1) is 0 Å². The van der Waals surface area contributed by atoms with Gasteiger partial charge in [-0.25, -0.2) is 0 Å². The van der Waals surface area contributed by atoms with Crippen LogP contribution >= 0.6 is 23.2 Å². The largest absolute Gasteiger partial charge is 0.506 e. The molecule has 0 bridgehead atoms. The van der Waals surface area contributed by atoms with Crippen LogP contribution < -0.4 is 0 Å². The summed E-state index contributed by atoms with van der Waals surface area (Å²) in [7, 11) is 1.79. The lowest BCUT2D eigenvalue weighted by Gasteiger charge is -2.25. The molecule has 3 nitrogen and oxygen atoms in total. The molecule has 0 radical (unpaired) electrons. The van der Waals surface area contributed by atoms with Crippen LogP contribution in [0.3, 0.4) is 0 Å². The second-order valence-electron chi connectivity index (χ2n) is 4.61. The maximum Gasteiger partial charge on any atom is 0.255 e. The molecule has 1 fully saturated rings. The number of phenolic OH excluding ortho intramolecular Hbond substituents is 1. The van der Waals surface area contributed by atoms with Gasteiger partial charge in [0.05, 0.1) is 10.6 Å². The third kappa shape index (κ3) is 2.43. The zero-order chi connectivity index (χ0) is 13.3. The molecule has 0 saturated heterocycles. The summed E-state index contributed by atoms with van der Waals surface area (Å²) in [4.78, 5) is 14.0. The molecule has 1 N–H and O–H groups in total. The molecule has 5 heteroatoms. The molecule has 0 aliphatic heterocycles. The van der Waals surface area contributed by atoms with Gasteiger partial charge in [-0.1, -0.05) is 36.0 Å². The Morgan fingerprint density at radius 2 is 1.89 bits per heavy atom. The van der Waals surface area contributed by atoms with Crippen LogP contribution in [0.5, 0.6) is 5.75 Å². The van der Waals surface area contributed by atoms with Crippen molar-refractivity contribution in [2.75, 3.05) is 7.05 Å². The van der Waals surface area contributed by atoms with E-state index in [2.05, 4.69) is 0 Å². The van der Waals surface area contributed by atoms with Crippen molar-refractivity contribution in [2.45, 2.75) is 31.7 Å². The minimum atomic E-state index is -0.145. The summed E-state index contributed by atoms with van der Waals surface area (Å²) in [5.41, 5.74) is 0.342. The van der Waals surface area contributed by atoms with Crippen LogP contribution in [-0.4, -0.2) is 29.0 Å². The average Bonchev–Trinajstić information content (AvgIpc) is 2.88. The fraction of sp³-hybridized carbons (Fsp3) is 0.462. The van der Waals surface area contributed by atoms with Crippen LogP contribution in [0, 0.1) is 0 Å². The van der Waals surface area contributed by atoms with Crippen LogP contribution in [0.4, 0.5) is 0 Å². The van der Waals surface area contributed by atoms with E-state index < -0.39 is 0 Å². The van der Waals surface area contributed by atoms with E-state index in [1.165, 1.54) is 12.1 Å². The van der Waals surface area contributed by atoms with Crippen molar-refractivity contribution < 1.29 is 9.90 Å². The molecule has 0 atom stereocenters. The Bertz CT molecular complexity index is 470. The Balaban J connectivity index is 2.25. The number of rotatable bonds is 2. The lowest BCUT2D eigenvalue weighted by atomic mass is 10.1. The van der Waals surface area contributed by atoms with Crippen LogP contribution in [0.2, 0.25) is 10.0 Å². The minimum absolute atomic E-state index is 0.0299. The molecule has 1 aromatic carbocycles. The molecule has 0 heterocycles. The first-order valence-corrected chi connectivity index (χ1v) is 6.72. The van der Waals surface area contributed by atoms with E-state index in [1.54, 1.807) is 11.9 Å². The second kappa shape index (κ2) is 5.37. The van der Waals surface area contributed by atoms with Gasteiger partial charge in [-0.3, -0.25) is 4.79 Å². The molecule has 1 aromatic rings. The summed E-state index contributed by atoms with van der Waals surface area (Å²) in [5.74, 6) is -0.254. The predicted molar refractivity (Wildman–Crippen MR) is 72.5 cm³/mol. The van der Waals surface area contributed by atoms with E-state index in [4.69, 9.17) is 23.2 Å². The highest BCUT2D eigenvalue weighted by atomic mass is 35.5. The lowest BCUT2D eigenvalue weighted by Crippen LogP contribution is -2.35. The number of benzene rings is 1. The van der Waals surface area contributed by atoms with Crippen molar-refractivity contribution in [1.29, 1.82) is 0 Å². The van der Waals surface area contributed by atoms with E-state index in [-0.39, 0.29) is 27.7 Å². The Hall–Kier alpha value is -0.930. The van der Waals surface area contributed by atoms with Crippen molar-refractivity contribution in [2.24, 2.45) is 0 Å². The maximum atomic E-state index is 12.3. The summed E-state index contributed by atoms with van der Waals surface area (Å²) in [6.07, 6.45) is 4.38. The number of carbonyl (C=O) groups is 1. The van der Waals surface area contributed by atoms with Gasteiger partial charge in [0.1, 0.15) is 10.8 Å². The normalized spacial score (nSPS) is 15.9. The summed E-state index contributed by atoms with van der Waals surface area (Å²) in [5, 5.41) is 9.56. The van der Waals surface area contributed by atoms with E-state index in [1.807, 2.05) is 0 Å². The highest BCUT2D eigenvalue weighted by Gasteiger charge is 2.26. The zero-order valence-corrected chi connectivity index (χ0v) is 11.6. The van der Waals surface area contributed by atoms with E-state index in [9.17, 15) is 9.90 Å². The number of amides is 1. The molecule has 0 unspecified atom stereocenters. The summed E-state index contributed by atoms with van der Waals surface area (Å²) in [6, 6.07) is 3.18. The monoisotopic (exact) mass is 287 g/mol. The summed E-state index contributed by atoms with van der Waals surface area (Å²) < 4.78 is 0. The molecule has 0 aromatic heterocycles. The van der Waals surface area contributed by atoms with Gasteiger partial charge in [0.15, 0.2) is 0 Å². The summed E-state index contributed by atoms with van der Waals surface area (Å²) >= 11 is 11.8. The Kier molecular flexibility index (Phi) is 4.03. The number of phenols is 1. The first-order chi connectivity index (χ1) is 8.52. The molecule has 98 valence electrons. The fourth-order valence-corrected chi connectivity index (χ4v) is 2.76. The number of hydrogen-bond donors (Lipinski definition) is 1. The highest BCUT2D eigenvalue weighted by Crippen LogP contribution is 2.35. The fourth-order valence-electron chi connectivity index (χ4n) is 2.35. The number of carbonyl (C=O) groups excluding carboxylic acids is 1. The van der Waals surface area contributed by atoms with Crippen molar-refractivity contribution in [1.82, 2.24) is 4.90 Å². The number of aromatic hydroxyl groups is 1. The lowest BCUT2D eigenvalue weighted by molar-refractivity contribution is 0.0735. The minimum Gasteiger partial charge on any atom is -0.506 e. The van der Waals surface area contributed by atoms with Gasteiger partial charge in [0.2, 0.25) is 0 Å². The number of hydrogen-bond acceptors (Lipinski definition) is 2. The van der Waals surface area contributed by atoms with Gasteiger partial charge in [0.25, 0.3) is 5.91 Å². The highest BCUT2D eigenvalue weighted by molar-refractivity contribution is 6.44. The van der Waals surface area contributed by atoms with Crippen molar-refractivity contribution in [3.05, 3.63) is 27.7 Å².